The molecule has 2 aliphatic rings. The highest BCUT2D eigenvalue weighted by Gasteiger charge is 2.37. The molecule has 4 heteroatoms. The van der Waals surface area contributed by atoms with E-state index in [4.69, 9.17) is 14.2 Å². The third kappa shape index (κ3) is 1.92. The fourth-order valence-corrected chi connectivity index (χ4v) is 1.68. The molecule has 0 spiro atoms. The van der Waals surface area contributed by atoms with Gasteiger partial charge >= 0.3 is 0 Å². The van der Waals surface area contributed by atoms with E-state index in [1.165, 1.54) is 6.26 Å². The second kappa shape index (κ2) is 3.53. The van der Waals surface area contributed by atoms with Gasteiger partial charge in [0.25, 0.3) is 0 Å². The van der Waals surface area contributed by atoms with E-state index in [-0.39, 0.29) is 12.0 Å². The maximum atomic E-state index is 9.70. The molecular formula is C10H16O4. The van der Waals surface area contributed by atoms with Crippen molar-refractivity contribution in [1.82, 2.24) is 0 Å². The van der Waals surface area contributed by atoms with Crippen LogP contribution in [0.4, 0.5) is 0 Å². The molecule has 0 unspecified atom stereocenters. The molecule has 80 valence electrons. The van der Waals surface area contributed by atoms with Crippen molar-refractivity contribution in [2.75, 3.05) is 13.2 Å². The molecule has 1 saturated heterocycles. The predicted molar refractivity (Wildman–Crippen MR) is 49.5 cm³/mol. The van der Waals surface area contributed by atoms with Crippen LogP contribution in [-0.2, 0) is 14.2 Å². The summed E-state index contributed by atoms with van der Waals surface area (Å²) < 4.78 is 16.4. The first-order valence-corrected chi connectivity index (χ1v) is 4.87. The van der Waals surface area contributed by atoms with Crippen molar-refractivity contribution in [2.45, 2.75) is 31.8 Å². The number of aliphatic hydroxyl groups excluding tert-OH is 1. The molecule has 0 aromatic heterocycles. The highest BCUT2D eigenvalue weighted by molar-refractivity contribution is 4.97. The Morgan fingerprint density at radius 1 is 1.29 bits per heavy atom. The topological polar surface area (TPSA) is 47.9 Å². The van der Waals surface area contributed by atoms with E-state index in [2.05, 4.69) is 0 Å². The molecule has 1 fully saturated rings. The largest absolute Gasteiger partial charge is 0.495 e. The minimum absolute atomic E-state index is 0.0261. The number of fused-ring (bicyclic) bond motifs is 1. The molecule has 0 amide bonds. The van der Waals surface area contributed by atoms with Gasteiger partial charge in [0.1, 0.15) is 6.10 Å². The summed E-state index contributed by atoms with van der Waals surface area (Å²) in [6.45, 7) is 4.65. The van der Waals surface area contributed by atoms with Gasteiger partial charge in [-0.2, -0.15) is 0 Å². The summed E-state index contributed by atoms with van der Waals surface area (Å²) in [5, 5.41) is 9.70. The Morgan fingerprint density at radius 2 is 2.00 bits per heavy atom. The van der Waals surface area contributed by atoms with Crippen LogP contribution < -0.4 is 0 Å². The Balaban J connectivity index is 2.09. The molecule has 0 aliphatic carbocycles. The lowest BCUT2D eigenvalue weighted by molar-refractivity contribution is -0.204. The molecule has 2 aliphatic heterocycles. The number of rotatable bonds is 0. The first kappa shape index (κ1) is 9.96. The van der Waals surface area contributed by atoms with Crippen molar-refractivity contribution >= 4 is 0 Å². The minimum atomic E-state index is -0.583. The van der Waals surface area contributed by atoms with E-state index in [9.17, 15) is 5.11 Å². The average molecular weight is 200 g/mol. The van der Waals surface area contributed by atoms with Crippen LogP contribution in [0.2, 0.25) is 0 Å². The summed E-state index contributed by atoms with van der Waals surface area (Å²) >= 11 is 0. The van der Waals surface area contributed by atoms with Crippen molar-refractivity contribution in [1.29, 1.82) is 0 Å². The number of aliphatic hydroxyl groups is 1. The standard InChI is InChI=1S/C10H16O4/c1-10(2)13-5-7-8(11)3-4-12-9(7)6-14-10/h3-4,7-9,11H,5-6H2,1-2H3/t7-,8-,9+/m1/s1. The summed E-state index contributed by atoms with van der Waals surface area (Å²) in [5.74, 6) is -0.609. The number of ether oxygens (including phenoxy) is 3. The van der Waals surface area contributed by atoms with Crippen LogP contribution in [0.3, 0.4) is 0 Å². The first-order valence-electron chi connectivity index (χ1n) is 4.87. The number of hydrogen-bond donors (Lipinski definition) is 1. The van der Waals surface area contributed by atoms with E-state index < -0.39 is 11.9 Å². The van der Waals surface area contributed by atoms with Crippen LogP contribution in [0.15, 0.2) is 12.3 Å². The summed E-state index contributed by atoms with van der Waals surface area (Å²) in [5.41, 5.74) is 0. The van der Waals surface area contributed by atoms with Gasteiger partial charge in [-0.1, -0.05) is 0 Å². The van der Waals surface area contributed by atoms with Crippen LogP contribution in [0.1, 0.15) is 13.8 Å². The Labute approximate surface area is 83.5 Å². The van der Waals surface area contributed by atoms with Gasteiger partial charge in [0.15, 0.2) is 5.79 Å². The van der Waals surface area contributed by atoms with Gasteiger partial charge in [0.2, 0.25) is 0 Å². The third-order valence-corrected chi connectivity index (χ3v) is 2.66. The van der Waals surface area contributed by atoms with Crippen LogP contribution in [-0.4, -0.2) is 36.3 Å². The van der Waals surface area contributed by atoms with Crippen LogP contribution in [0.25, 0.3) is 0 Å². The monoisotopic (exact) mass is 200 g/mol. The molecular weight excluding hydrogens is 184 g/mol. The van der Waals surface area contributed by atoms with Crippen molar-refractivity contribution in [3.05, 3.63) is 12.3 Å². The molecule has 2 rings (SSSR count). The minimum Gasteiger partial charge on any atom is -0.495 e. The third-order valence-electron chi connectivity index (χ3n) is 2.66. The van der Waals surface area contributed by atoms with Gasteiger partial charge in [-0.3, -0.25) is 0 Å². The zero-order valence-corrected chi connectivity index (χ0v) is 8.47. The van der Waals surface area contributed by atoms with Crippen LogP contribution >= 0.6 is 0 Å². The molecule has 2 heterocycles. The maximum absolute atomic E-state index is 9.70. The average Bonchev–Trinajstić information content (AvgIpc) is 2.27. The van der Waals surface area contributed by atoms with Gasteiger partial charge < -0.3 is 19.3 Å². The van der Waals surface area contributed by atoms with Gasteiger partial charge in [-0.15, -0.1) is 0 Å². The van der Waals surface area contributed by atoms with Gasteiger partial charge in [0, 0.05) is 0 Å². The van der Waals surface area contributed by atoms with Gasteiger partial charge in [0.05, 0.1) is 31.5 Å². The van der Waals surface area contributed by atoms with E-state index in [1.54, 1.807) is 6.08 Å². The summed E-state index contributed by atoms with van der Waals surface area (Å²) in [6.07, 6.45) is 2.58. The Kier molecular flexibility index (Phi) is 2.51. The molecule has 0 saturated carbocycles. The van der Waals surface area contributed by atoms with E-state index in [0.29, 0.717) is 13.2 Å². The summed E-state index contributed by atoms with van der Waals surface area (Å²) in [7, 11) is 0. The number of hydrogen-bond acceptors (Lipinski definition) is 4. The zero-order chi connectivity index (χ0) is 10.2. The lowest BCUT2D eigenvalue weighted by atomic mass is 9.95. The highest BCUT2D eigenvalue weighted by Crippen LogP contribution is 2.27. The van der Waals surface area contributed by atoms with Crippen molar-refractivity contribution in [3.63, 3.8) is 0 Å². The van der Waals surface area contributed by atoms with E-state index in [1.807, 2.05) is 13.8 Å². The van der Waals surface area contributed by atoms with Crippen molar-refractivity contribution in [2.24, 2.45) is 5.92 Å². The van der Waals surface area contributed by atoms with Crippen LogP contribution in [0, 0.1) is 5.92 Å². The lowest BCUT2D eigenvalue weighted by Gasteiger charge is -2.29. The quantitative estimate of drug-likeness (QED) is 0.624. The SMILES string of the molecule is CC1(C)OC[C@@H]2[C@H](O)C=CO[C@H]2CO1. The highest BCUT2D eigenvalue weighted by atomic mass is 16.7. The second-order valence-corrected chi connectivity index (χ2v) is 4.18. The van der Waals surface area contributed by atoms with Crippen LogP contribution in [0.5, 0.6) is 0 Å². The summed E-state index contributed by atoms with van der Waals surface area (Å²) in [4.78, 5) is 0. The Bertz CT molecular complexity index is 236. The normalized spacial score (nSPS) is 40.9. The van der Waals surface area contributed by atoms with Gasteiger partial charge in [-0.05, 0) is 19.9 Å². The summed E-state index contributed by atoms with van der Waals surface area (Å²) in [6, 6.07) is 0. The van der Waals surface area contributed by atoms with Gasteiger partial charge in [-0.25, -0.2) is 0 Å². The predicted octanol–water partition coefficient (Wildman–Crippen LogP) is 0.659. The molecule has 0 aromatic carbocycles. The Morgan fingerprint density at radius 3 is 2.79 bits per heavy atom. The molecule has 0 bridgehead atoms. The first-order chi connectivity index (χ1) is 6.58. The smallest absolute Gasteiger partial charge is 0.162 e. The molecule has 14 heavy (non-hydrogen) atoms. The second-order valence-electron chi connectivity index (χ2n) is 4.18. The zero-order valence-electron chi connectivity index (χ0n) is 8.47. The molecule has 0 aromatic rings. The van der Waals surface area contributed by atoms with Crippen molar-refractivity contribution < 1.29 is 19.3 Å². The molecule has 1 N–H and O–H groups in total. The lowest BCUT2D eigenvalue weighted by Crippen LogP contribution is -2.38. The fourth-order valence-electron chi connectivity index (χ4n) is 1.68. The van der Waals surface area contributed by atoms with E-state index >= 15 is 0 Å². The maximum Gasteiger partial charge on any atom is 0.162 e. The molecule has 0 radical (unpaired) electrons. The molecule has 3 atom stereocenters. The molecule has 4 nitrogen and oxygen atoms in total. The van der Waals surface area contributed by atoms with E-state index in [0.717, 1.165) is 0 Å². The van der Waals surface area contributed by atoms with Crippen molar-refractivity contribution in [3.8, 4) is 0 Å². The fraction of sp³-hybridized carbons (Fsp3) is 0.800. The Hall–Kier alpha value is -0.580.